The van der Waals surface area contributed by atoms with Crippen LogP contribution in [-0.4, -0.2) is 22.2 Å². The summed E-state index contributed by atoms with van der Waals surface area (Å²) in [7, 11) is 0. The van der Waals surface area contributed by atoms with E-state index in [1.54, 1.807) is 0 Å². The normalized spacial score (nSPS) is 11.7. The third-order valence-corrected chi connectivity index (χ3v) is 4.25. The molecule has 6 heteroatoms. The van der Waals surface area contributed by atoms with E-state index in [2.05, 4.69) is 15.5 Å². The van der Waals surface area contributed by atoms with E-state index in [0.717, 1.165) is 10.6 Å². The molecule has 0 radical (unpaired) electrons. The van der Waals surface area contributed by atoms with Gasteiger partial charge in [0.2, 0.25) is 5.13 Å². The highest BCUT2D eigenvalue weighted by Crippen LogP contribution is 2.26. The van der Waals surface area contributed by atoms with Crippen LogP contribution in [0.1, 0.15) is 13.3 Å². The summed E-state index contributed by atoms with van der Waals surface area (Å²) in [6.45, 7) is 1.91. The minimum atomic E-state index is -0.573. The standard InChI is InChI=1S/C18H17N3O2S/c1-2-15(23-14-11-7-4-8-12-14)16(22)19-18-21-20-17(24-18)13-9-5-3-6-10-13/h3-12,15H,2H2,1H3,(H,19,21,22)/t15-/m0/s1. The Morgan fingerprint density at radius 1 is 1.08 bits per heavy atom. The van der Waals surface area contributed by atoms with Gasteiger partial charge in [0.1, 0.15) is 10.8 Å². The average molecular weight is 339 g/mol. The van der Waals surface area contributed by atoms with E-state index in [9.17, 15) is 4.79 Å². The molecule has 1 N–H and O–H groups in total. The van der Waals surface area contributed by atoms with Gasteiger partial charge in [0.05, 0.1) is 0 Å². The van der Waals surface area contributed by atoms with Gasteiger partial charge < -0.3 is 4.74 Å². The van der Waals surface area contributed by atoms with Crippen LogP contribution in [0.3, 0.4) is 0 Å². The summed E-state index contributed by atoms with van der Waals surface area (Å²) in [6.07, 6.45) is -0.0121. The van der Waals surface area contributed by atoms with Crippen LogP contribution in [0, 0.1) is 0 Å². The third-order valence-electron chi connectivity index (χ3n) is 3.36. The van der Waals surface area contributed by atoms with Crippen molar-refractivity contribution in [1.29, 1.82) is 0 Å². The summed E-state index contributed by atoms with van der Waals surface area (Å²) in [5.41, 5.74) is 0.975. The second kappa shape index (κ2) is 7.70. The molecule has 1 heterocycles. The lowest BCUT2D eigenvalue weighted by molar-refractivity contribution is -0.122. The molecule has 1 atom stereocenters. The first-order valence-corrected chi connectivity index (χ1v) is 8.49. The molecule has 0 fully saturated rings. The Kier molecular flexibility index (Phi) is 5.18. The number of rotatable bonds is 6. The monoisotopic (exact) mass is 339 g/mol. The van der Waals surface area contributed by atoms with Crippen molar-refractivity contribution in [2.24, 2.45) is 0 Å². The minimum absolute atomic E-state index is 0.225. The summed E-state index contributed by atoms with van der Waals surface area (Å²) in [6, 6.07) is 19.0. The van der Waals surface area contributed by atoms with Crippen molar-refractivity contribution in [1.82, 2.24) is 10.2 Å². The lowest BCUT2D eigenvalue weighted by atomic mass is 10.2. The Hall–Kier alpha value is -2.73. The number of hydrogen-bond donors (Lipinski definition) is 1. The smallest absolute Gasteiger partial charge is 0.267 e. The van der Waals surface area contributed by atoms with Crippen LogP contribution in [-0.2, 0) is 4.79 Å². The van der Waals surface area contributed by atoms with Crippen molar-refractivity contribution in [3.8, 4) is 16.3 Å². The van der Waals surface area contributed by atoms with Crippen molar-refractivity contribution in [2.75, 3.05) is 5.32 Å². The van der Waals surface area contributed by atoms with Gasteiger partial charge in [0.15, 0.2) is 6.10 Å². The summed E-state index contributed by atoms with van der Waals surface area (Å²) in [5, 5.41) is 12.2. The van der Waals surface area contributed by atoms with Gasteiger partial charge in [0, 0.05) is 5.56 Å². The molecular formula is C18H17N3O2S. The van der Waals surface area contributed by atoms with E-state index in [1.165, 1.54) is 11.3 Å². The highest BCUT2D eigenvalue weighted by Gasteiger charge is 2.20. The van der Waals surface area contributed by atoms with Crippen LogP contribution in [0.15, 0.2) is 60.7 Å². The van der Waals surface area contributed by atoms with Gasteiger partial charge >= 0.3 is 0 Å². The van der Waals surface area contributed by atoms with Crippen LogP contribution in [0.4, 0.5) is 5.13 Å². The van der Waals surface area contributed by atoms with Crippen molar-refractivity contribution < 1.29 is 9.53 Å². The number of para-hydroxylation sites is 1. The zero-order valence-corrected chi connectivity index (χ0v) is 14.0. The van der Waals surface area contributed by atoms with Gasteiger partial charge in [-0.2, -0.15) is 0 Å². The van der Waals surface area contributed by atoms with Gasteiger partial charge in [-0.3, -0.25) is 10.1 Å². The maximum Gasteiger partial charge on any atom is 0.267 e. The van der Waals surface area contributed by atoms with Gasteiger partial charge in [0.25, 0.3) is 5.91 Å². The lowest BCUT2D eigenvalue weighted by Crippen LogP contribution is -2.32. The Bertz CT molecular complexity index is 790. The Labute approximate surface area is 144 Å². The number of anilines is 1. The first-order chi connectivity index (χ1) is 11.8. The molecule has 0 saturated carbocycles. The van der Waals surface area contributed by atoms with Gasteiger partial charge in [-0.25, -0.2) is 0 Å². The van der Waals surface area contributed by atoms with Crippen LogP contribution in [0.5, 0.6) is 5.75 Å². The largest absolute Gasteiger partial charge is 0.481 e. The predicted molar refractivity (Wildman–Crippen MR) is 95.1 cm³/mol. The zero-order chi connectivity index (χ0) is 16.8. The number of carbonyl (C=O) groups is 1. The molecule has 24 heavy (non-hydrogen) atoms. The van der Waals surface area contributed by atoms with Crippen molar-refractivity contribution in [3.05, 3.63) is 60.7 Å². The molecule has 0 spiro atoms. The average Bonchev–Trinajstić information content (AvgIpc) is 3.09. The molecule has 1 amide bonds. The van der Waals surface area contributed by atoms with Crippen molar-refractivity contribution in [2.45, 2.75) is 19.4 Å². The number of benzene rings is 2. The number of nitrogens with zero attached hydrogens (tertiary/aromatic N) is 2. The molecule has 0 aliphatic rings. The topological polar surface area (TPSA) is 64.1 Å². The van der Waals surface area contributed by atoms with E-state index < -0.39 is 6.10 Å². The molecule has 0 bridgehead atoms. The van der Waals surface area contributed by atoms with E-state index in [4.69, 9.17) is 4.74 Å². The van der Waals surface area contributed by atoms with E-state index in [0.29, 0.717) is 17.3 Å². The van der Waals surface area contributed by atoms with Crippen molar-refractivity contribution >= 4 is 22.4 Å². The van der Waals surface area contributed by atoms with Gasteiger partial charge in [-0.15, -0.1) is 10.2 Å². The minimum Gasteiger partial charge on any atom is -0.481 e. The van der Waals surface area contributed by atoms with Gasteiger partial charge in [-0.1, -0.05) is 66.8 Å². The fourth-order valence-corrected chi connectivity index (χ4v) is 2.89. The summed E-state index contributed by atoms with van der Waals surface area (Å²) >= 11 is 1.34. The molecule has 5 nitrogen and oxygen atoms in total. The number of hydrogen-bond acceptors (Lipinski definition) is 5. The zero-order valence-electron chi connectivity index (χ0n) is 13.2. The molecule has 2 aromatic carbocycles. The molecule has 1 aromatic heterocycles. The Morgan fingerprint density at radius 2 is 1.75 bits per heavy atom. The van der Waals surface area contributed by atoms with E-state index >= 15 is 0 Å². The van der Waals surface area contributed by atoms with Crippen LogP contribution in [0.25, 0.3) is 10.6 Å². The number of amides is 1. The summed E-state index contributed by atoms with van der Waals surface area (Å²) < 4.78 is 5.73. The van der Waals surface area contributed by atoms with Crippen LogP contribution >= 0.6 is 11.3 Å². The summed E-state index contributed by atoms with van der Waals surface area (Å²) in [4.78, 5) is 12.4. The molecule has 122 valence electrons. The van der Waals surface area contributed by atoms with Crippen LogP contribution in [0.2, 0.25) is 0 Å². The van der Waals surface area contributed by atoms with E-state index in [-0.39, 0.29) is 5.91 Å². The molecule has 0 unspecified atom stereocenters. The second-order valence-electron chi connectivity index (χ2n) is 5.10. The fourth-order valence-electron chi connectivity index (χ4n) is 2.14. The Morgan fingerprint density at radius 3 is 2.42 bits per heavy atom. The molecule has 0 saturated heterocycles. The number of carbonyl (C=O) groups excluding carboxylic acids is 1. The SMILES string of the molecule is CC[C@H](Oc1ccccc1)C(=O)Nc1nnc(-c2ccccc2)s1. The highest BCUT2D eigenvalue weighted by molar-refractivity contribution is 7.18. The first kappa shape index (κ1) is 16.1. The van der Waals surface area contributed by atoms with Crippen molar-refractivity contribution in [3.63, 3.8) is 0 Å². The maximum absolute atomic E-state index is 12.4. The van der Waals surface area contributed by atoms with Crippen LogP contribution < -0.4 is 10.1 Å². The number of nitrogens with one attached hydrogen (secondary N) is 1. The molecule has 3 rings (SSSR count). The summed E-state index contributed by atoms with van der Waals surface area (Å²) in [5.74, 6) is 0.443. The Balaban J connectivity index is 1.66. The second-order valence-corrected chi connectivity index (χ2v) is 6.07. The lowest BCUT2D eigenvalue weighted by Gasteiger charge is -2.16. The fraction of sp³-hybridized carbons (Fsp3) is 0.167. The van der Waals surface area contributed by atoms with E-state index in [1.807, 2.05) is 67.6 Å². The number of aromatic nitrogens is 2. The maximum atomic E-state index is 12.4. The third kappa shape index (κ3) is 3.97. The van der Waals surface area contributed by atoms with Gasteiger partial charge in [-0.05, 0) is 18.6 Å². The molecule has 0 aliphatic heterocycles. The first-order valence-electron chi connectivity index (χ1n) is 7.67. The number of ether oxygens (including phenoxy) is 1. The predicted octanol–water partition coefficient (Wildman–Crippen LogP) is 4.00. The highest BCUT2D eigenvalue weighted by atomic mass is 32.1. The molecule has 3 aromatic rings. The molecular weight excluding hydrogens is 322 g/mol. The molecule has 0 aliphatic carbocycles. The quantitative estimate of drug-likeness (QED) is 0.737.